The van der Waals surface area contributed by atoms with Crippen molar-refractivity contribution in [2.45, 2.75) is 50.7 Å². The van der Waals surface area contributed by atoms with Gasteiger partial charge in [-0.3, -0.25) is 9.59 Å². The zero-order valence-electron chi connectivity index (χ0n) is 22.2. The molecular weight excluding hydrogens is 588 g/mol. The van der Waals surface area contributed by atoms with Crippen LogP contribution in [0.3, 0.4) is 0 Å². The SMILES string of the molecule is O=C(NC1CCCC1)C(Cc1ccccc1)N(Cc1ccc(Cl)cc1)C(=O)COc1ccc2ccccc2c1Br. The summed E-state index contributed by atoms with van der Waals surface area (Å²) in [5, 5.41) is 5.92. The summed E-state index contributed by atoms with van der Waals surface area (Å²) in [5.41, 5.74) is 1.87. The number of nitrogens with one attached hydrogen (secondary N) is 1. The second kappa shape index (κ2) is 13.3. The standard InChI is InChI=1S/C33H32BrClN2O3/c34-32-28-13-7-4-10-25(28)16-19-30(32)40-22-31(38)37(21-24-14-17-26(35)18-15-24)29(20-23-8-2-1-3-9-23)33(39)36-27-11-5-6-12-27/h1-4,7-10,13-19,27,29H,5-6,11-12,20-22H2,(H,36,39). The highest BCUT2D eigenvalue weighted by molar-refractivity contribution is 9.10. The van der Waals surface area contributed by atoms with Gasteiger partial charge in [-0.2, -0.15) is 0 Å². The van der Waals surface area contributed by atoms with Gasteiger partial charge < -0.3 is 15.0 Å². The first-order chi connectivity index (χ1) is 19.5. The molecule has 0 radical (unpaired) electrons. The van der Waals surface area contributed by atoms with Crippen LogP contribution in [0.15, 0.2) is 95.5 Å². The summed E-state index contributed by atoms with van der Waals surface area (Å²) < 4.78 is 6.86. The Hall–Kier alpha value is -3.35. The molecule has 0 aliphatic heterocycles. The summed E-state index contributed by atoms with van der Waals surface area (Å²) in [6, 6.07) is 28.5. The molecule has 5 rings (SSSR count). The number of benzene rings is 4. The largest absolute Gasteiger partial charge is 0.483 e. The lowest BCUT2D eigenvalue weighted by Crippen LogP contribution is -2.53. The van der Waals surface area contributed by atoms with Crippen LogP contribution in [-0.4, -0.2) is 35.4 Å². The van der Waals surface area contributed by atoms with Crippen molar-refractivity contribution in [2.24, 2.45) is 0 Å². The van der Waals surface area contributed by atoms with Gasteiger partial charge in [-0.15, -0.1) is 0 Å². The number of carbonyl (C=O) groups excluding carboxylic acids is 2. The minimum atomic E-state index is -0.699. The third kappa shape index (κ3) is 7.04. The molecular formula is C33H32BrClN2O3. The number of amides is 2. The lowest BCUT2D eigenvalue weighted by molar-refractivity contribution is -0.143. The fourth-order valence-corrected chi connectivity index (χ4v) is 5.99. The first-order valence-corrected chi connectivity index (χ1v) is 14.8. The van der Waals surface area contributed by atoms with Crippen molar-refractivity contribution < 1.29 is 14.3 Å². The van der Waals surface area contributed by atoms with Crippen molar-refractivity contribution >= 4 is 50.1 Å². The van der Waals surface area contributed by atoms with E-state index >= 15 is 0 Å². The van der Waals surface area contributed by atoms with Crippen molar-refractivity contribution in [1.29, 1.82) is 0 Å². The summed E-state index contributed by atoms with van der Waals surface area (Å²) in [6.45, 7) is 0.0559. The average molecular weight is 620 g/mol. The number of nitrogens with zero attached hydrogens (tertiary/aromatic N) is 1. The molecule has 1 aliphatic rings. The van der Waals surface area contributed by atoms with E-state index in [9.17, 15) is 9.59 Å². The normalized spacial score (nSPS) is 14.2. The van der Waals surface area contributed by atoms with Gasteiger partial charge in [-0.1, -0.05) is 97.2 Å². The molecule has 0 saturated heterocycles. The topological polar surface area (TPSA) is 58.6 Å². The summed E-state index contributed by atoms with van der Waals surface area (Å²) in [6.07, 6.45) is 4.55. The van der Waals surface area contributed by atoms with E-state index in [4.69, 9.17) is 16.3 Å². The monoisotopic (exact) mass is 618 g/mol. The van der Waals surface area contributed by atoms with Crippen molar-refractivity contribution in [3.05, 3.63) is 112 Å². The van der Waals surface area contributed by atoms with Crippen LogP contribution in [0.25, 0.3) is 10.8 Å². The predicted molar refractivity (Wildman–Crippen MR) is 163 cm³/mol. The third-order valence-corrected chi connectivity index (χ3v) is 8.49. The summed E-state index contributed by atoms with van der Waals surface area (Å²) >= 11 is 9.78. The van der Waals surface area contributed by atoms with Gasteiger partial charge in [0.25, 0.3) is 5.91 Å². The van der Waals surface area contributed by atoms with E-state index in [-0.39, 0.29) is 31.0 Å². The zero-order valence-corrected chi connectivity index (χ0v) is 24.5. The Morgan fingerprint density at radius 3 is 2.35 bits per heavy atom. The Labute approximate surface area is 248 Å². The molecule has 4 aromatic rings. The van der Waals surface area contributed by atoms with Crippen LogP contribution in [0.2, 0.25) is 5.02 Å². The molecule has 5 nitrogen and oxygen atoms in total. The second-order valence-electron chi connectivity index (χ2n) is 10.2. The molecule has 1 saturated carbocycles. The predicted octanol–water partition coefficient (Wildman–Crippen LogP) is 7.33. The molecule has 206 valence electrons. The molecule has 1 unspecified atom stereocenters. The van der Waals surface area contributed by atoms with E-state index in [1.807, 2.05) is 78.9 Å². The first-order valence-electron chi connectivity index (χ1n) is 13.7. The van der Waals surface area contributed by atoms with Crippen LogP contribution >= 0.6 is 27.5 Å². The highest BCUT2D eigenvalue weighted by Crippen LogP contribution is 2.33. The first kappa shape index (κ1) is 28.2. The Balaban J connectivity index is 1.43. The molecule has 40 heavy (non-hydrogen) atoms. The smallest absolute Gasteiger partial charge is 0.261 e. The minimum absolute atomic E-state index is 0.134. The van der Waals surface area contributed by atoms with E-state index < -0.39 is 6.04 Å². The number of rotatable bonds is 10. The molecule has 7 heteroatoms. The summed E-state index contributed by atoms with van der Waals surface area (Å²) in [4.78, 5) is 29.4. The maximum atomic E-state index is 13.9. The van der Waals surface area contributed by atoms with Crippen LogP contribution < -0.4 is 10.1 Å². The third-order valence-electron chi connectivity index (χ3n) is 7.42. The molecule has 1 aliphatic carbocycles. The Bertz CT molecular complexity index is 1460. The summed E-state index contributed by atoms with van der Waals surface area (Å²) in [7, 11) is 0. The maximum Gasteiger partial charge on any atom is 0.261 e. The molecule has 0 heterocycles. The molecule has 0 bridgehead atoms. The Morgan fingerprint density at radius 2 is 1.60 bits per heavy atom. The number of hydrogen-bond donors (Lipinski definition) is 1. The van der Waals surface area contributed by atoms with E-state index in [1.165, 1.54) is 0 Å². The van der Waals surface area contributed by atoms with Gasteiger partial charge in [-0.05, 0) is 68.9 Å². The van der Waals surface area contributed by atoms with Gasteiger partial charge in [0.05, 0.1) is 4.47 Å². The molecule has 4 aromatic carbocycles. The van der Waals surface area contributed by atoms with Crippen molar-refractivity contribution in [3.63, 3.8) is 0 Å². The quantitative estimate of drug-likeness (QED) is 0.202. The van der Waals surface area contributed by atoms with E-state index in [2.05, 4.69) is 21.2 Å². The fraction of sp³-hybridized carbons (Fsp3) is 0.273. The number of halogens is 2. The van der Waals surface area contributed by atoms with Gasteiger partial charge in [0.2, 0.25) is 5.91 Å². The number of fused-ring (bicyclic) bond motifs is 1. The second-order valence-corrected chi connectivity index (χ2v) is 11.5. The Kier molecular flexibility index (Phi) is 9.40. The van der Waals surface area contributed by atoms with Gasteiger partial charge in [0.1, 0.15) is 11.8 Å². The molecule has 0 spiro atoms. The number of carbonyl (C=O) groups is 2. The fourth-order valence-electron chi connectivity index (χ4n) is 5.26. The highest BCUT2D eigenvalue weighted by Gasteiger charge is 2.32. The molecule has 1 atom stereocenters. The van der Waals surface area contributed by atoms with E-state index in [0.717, 1.165) is 52.1 Å². The van der Waals surface area contributed by atoms with Crippen molar-refractivity contribution in [2.75, 3.05) is 6.61 Å². The average Bonchev–Trinajstić information content (AvgIpc) is 3.49. The molecule has 2 amide bonds. The van der Waals surface area contributed by atoms with Crippen LogP contribution in [0.4, 0.5) is 0 Å². The van der Waals surface area contributed by atoms with Crippen molar-refractivity contribution in [3.8, 4) is 5.75 Å². The van der Waals surface area contributed by atoms with Crippen molar-refractivity contribution in [1.82, 2.24) is 10.2 Å². The number of hydrogen-bond acceptors (Lipinski definition) is 3. The highest BCUT2D eigenvalue weighted by atomic mass is 79.9. The molecule has 0 aromatic heterocycles. The van der Waals surface area contributed by atoms with Crippen LogP contribution in [0.5, 0.6) is 5.75 Å². The van der Waals surface area contributed by atoms with E-state index in [1.54, 1.807) is 17.0 Å². The number of ether oxygens (including phenoxy) is 1. The van der Waals surface area contributed by atoms with Gasteiger partial charge >= 0.3 is 0 Å². The van der Waals surface area contributed by atoms with Crippen LogP contribution in [-0.2, 0) is 22.6 Å². The van der Waals surface area contributed by atoms with Gasteiger partial charge in [0.15, 0.2) is 6.61 Å². The zero-order chi connectivity index (χ0) is 27.9. The Morgan fingerprint density at radius 1 is 0.900 bits per heavy atom. The molecule has 1 N–H and O–H groups in total. The maximum absolute atomic E-state index is 13.9. The summed E-state index contributed by atoms with van der Waals surface area (Å²) in [5.74, 6) is 0.177. The minimum Gasteiger partial charge on any atom is -0.483 e. The lowest BCUT2D eigenvalue weighted by atomic mass is 10.0. The van der Waals surface area contributed by atoms with Crippen LogP contribution in [0, 0.1) is 0 Å². The van der Waals surface area contributed by atoms with Gasteiger partial charge in [-0.25, -0.2) is 0 Å². The molecule has 1 fully saturated rings. The lowest BCUT2D eigenvalue weighted by Gasteiger charge is -2.32. The van der Waals surface area contributed by atoms with E-state index in [0.29, 0.717) is 17.2 Å². The van der Waals surface area contributed by atoms with Crippen LogP contribution in [0.1, 0.15) is 36.8 Å². The van der Waals surface area contributed by atoms with Gasteiger partial charge in [0, 0.05) is 24.0 Å².